The Bertz CT molecular complexity index is 364. The van der Waals surface area contributed by atoms with E-state index in [9.17, 15) is 4.79 Å². The molecule has 5 heteroatoms. The van der Waals surface area contributed by atoms with Gasteiger partial charge in [-0.1, -0.05) is 6.07 Å². The van der Waals surface area contributed by atoms with Crippen LogP contribution in [0.5, 0.6) is 0 Å². The van der Waals surface area contributed by atoms with Crippen LogP contribution in [-0.4, -0.2) is 35.5 Å². The summed E-state index contributed by atoms with van der Waals surface area (Å²) in [5, 5.41) is 0. The van der Waals surface area contributed by atoms with Gasteiger partial charge in [0.05, 0.1) is 19.6 Å². The number of amides is 1. The number of nitrogen functional groups attached to an aromatic ring is 1. The van der Waals surface area contributed by atoms with Crippen molar-refractivity contribution in [1.29, 1.82) is 0 Å². The molecule has 1 aromatic heterocycles. The Kier molecular flexibility index (Phi) is 3.36. The van der Waals surface area contributed by atoms with Crippen molar-refractivity contribution in [2.75, 3.05) is 25.5 Å². The molecule has 0 atom stereocenters. The van der Waals surface area contributed by atoms with E-state index in [0.717, 1.165) is 5.56 Å². The Morgan fingerprint density at radius 2 is 2.31 bits per heavy atom. The minimum atomic E-state index is 0.134. The number of rotatable bonds is 2. The average molecular weight is 221 g/mol. The van der Waals surface area contributed by atoms with Crippen molar-refractivity contribution in [3.63, 3.8) is 0 Å². The van der Waals surface area contributed by atoms with Gasteiger partial charge in [-0.05, 0) is 11.6 Å². The Labute approximate surface area is 94.2 Å². The van der Waals surface area contributed by atoms with Crippen LogP contribution in [0.3, 0.4) is 0 Å². The van der Waals surface area contributed by atoms with Crippen LogP contribution in [0.2, 0.25) is 0 Å². The molecule has 0 radical (unpaired) electrons. The third-order valence-electron chi connectivity index (χ3n) is 2.54. The van der Waals surface area contributed by atoms with Gasteiger partial charge >= 0.3 is 0 Å². The molecule has 1 amide bonds. The average Bonchev–Trinajstić information content (AvgIpc) is 2.48. The Morgan fingerprint density at radius 3 is 3.06 bits per heavy atom. The van der Waals surface area contributed by atoms with Gasteiger partial charge in [0.25, 0.3) is 0 Å². The summed E-state index contributed by atoms with van der Waals surface area (Å²) in [5.74, 6) is 0.628. The molecule has 2 rings (SSSR count). The van der Waals surface area contributed by atoms with Crippen LogP contribution in [0.4, 0.5) is 5.82 Å². The van der Waals surface area contributed by atoms with Crippen molar-refractivity contribution in [3.8, 4) is 0 Å². The fourth-order valence-corrected chi connectivity index (χ4v) is 1.64. The summed E-state index contributed by atoms with van der Waals surface area (Å²) in [7, 11) is 0. The number of hydrogen-bond donors (Lipinski definition) is 1. The Hall–Kier alpha value is -1.62. The molecule has 1 fully saturated rings. The van der Waals surface area contributed by atoms with E-state index in [1.165, 1.54) is 0 Å². The highest BCUT2D eigenvalue weighted by Gasteiger charge is 2.16. The summed E-state index contributed by atoms with van der Waals surface area (Å²) in [6, 6.07) is 3.63. The van der Waals surface area contributed by atoms with Crippen molar-refractivity contribution in [2.45, 2.75) is 13.0 Å². The number of nitrogens with zero attached hydrogens (tertiary/aromatic N) is 2. The molecule has 1 aliphatic heterocycles. The molecule has 0 aromatic carbocycles. The maximum absolute atomic E-state index is 11.7. The lowest BCUT2D eigenvalue weighted by Gasteiger charge is -2.19. The number of nitrogens with two attached hydrogens (primary N) is 1. The fraction of sp³-hybridized carbons (Fsp3) is 0.455. The largest absolute Gasteiger partial charge is 0.384 e. The highest BCUT2D eigenvalue weighted by Crippen LogP contribution is 2.09. The minimum absolute atomic E-state index is 0.134. The zero-order chi connectivity index (χ0) is 11.4. The van der Waals surface area contributed by atoms with Crippen molar-refractivity contribution in [1.82, 2.24) is 9.88 Å². The molecule has 0 aliphatic carbocycles. The second-order valence-electron chi connectivity index (χ2n) is 3.77. The van der Waals surface area contributed by atoms with Crippen LogP contribution in [0.1, 0.15) is 12.0 Å². The molecule has 2 N–H and O–H groups in total. The predicted octanol–water partition coefficient (Wildman–Crippen LogP) is 0.413. The van der Waals surface area contributed by atoms with Gasteiger partial charge in [-0.15, -0.1) is 0 Å². The first-order chi connectivity index (χ1) is 7.75. The maximum atomic E-state index is 11.7. The van der Waals surface area contributed by atoms with Crippen molar-refractivity contribution in [2.24, 2.45) is 0 Å². The van der Waals surface area contributed by atoms with Crippen LogP contribution in [0, 0.1) is 0 Å². The number of ether oxygens (including phenoxy) is 1. The molecular formula is C11H15N3O2. The third-order valence-corrected chi connectivity index (χ3v) is 2.54. The van der Waals surface area contributed by atoms with Gasteiger partial charge in [0.1, 0.15) is 5.82 Å². The number of pyridine rings is 1. The summed E-state index contributed by atoms with van der Waals surface area (Å²) >= 11 is 0. The van der Waals surface area contributed by atoms with E-state index in [1.807, 2.05) is 6.07 Å². The van der Waals surface area contributed by atoms with Gasteiger partial charge in [-0.3, -0.25) is 4.79 Å². The van der Waals surface area contributed by atoms with E-state index < -0.39 is 0 Å². The Balaban J connectivity index is 2.02. The van der Waals surface area contributed by atoms with Crippen molar-refractivity contribution in [3.05, 3.63) is 23.9 Å². The van der Waals surface area contributed by atoms with Gasteiger partial charge in [-0.2, -0.15) is 0 Å². The normalized spacial score (nSPS) is 17.2. The van der Waals surface area contributed by atoms with Crippen LogP contribution in [-0.2, 0) is 16.1 Å². The van der Waals surface area contributed by atoms with Gasteiger partial charge in [0, 0.05) is 19.3 Å². The lowest BCUT2D eigenvalue weighted by molar-refractivity contribution is -0.131. The van der Waals surface area contributed by atoms with E-state index in [2.05, 4.69) is 4.98 Å². The summed E-state index contributed by atoms with van der Waals surface area (Å²) in [4.78, 5) is 17.5. The molecular weight excluding hydrogens is 206 g/mol. The van der Waals surface area contributed by atoms with E-state index >= 15 is 0 Å². The molecule has 1 saturated heterocycles. The van der Waals surface area contributed by atoms with Gasteiger partial charge in [-0.25, -0.2) is 4.98 Å². The van der Waals surface area contributed by atoms with Gasteiger partial charge in [0.15, 0.2) is 0 Å². The smallest absolute Gasteiger partial charge is 0.225 e. The zero-order valence-electron chi connectivity index (χ0n) is 9.06. The summed E-state index contributed by atoms with van der Waals surface area (Å²) in [6.07, 6.45) is 2.16. The molecule has 5 nitrogen and oxygen atoms in total. The maximum Gasteiger partial charge on any atom is 0.225 e. The van der Waals surface area contributed by atoms with Crippen LogP contribution >= 0.6 is 0 Å². The quantitative estimate of drug-likeness (QED) is 0.785. The van der Waals surface area contributed by atoms with Crippen LogP contribution < -0.4 is 5.73 Å². The topological polar surface area (TPSA) is 68.4 Å². The molecule has 0 saturated carbocycles. The molecule has 86 valence electrons. The number of anilines is 1. The summed E-state index contributed by atoms with van der Waals surface area (Å²) < 4.78 is 5.25. The number of carbonyl (C=O) groups excluding carboxylic acids is 1. The molecule has 16 heavy (non-hydrogen) atoms. The van der Waals surface area contributed by atoms with Crippen LogP contribution in [0.25, 0.3) is 0 Å². The minimum Gasteiger partial charge on any atom is -0.384 e. The van der Waals surface area contributed by atoms with Gasteiger partial charge < -0.3 is 15.4 Å². The number of carbonyl (C=O) groups is 1. The summed E-state index contributed by atoms with van der Waals surface area (Å²) in [6.45, 7) is 2.35. The first-order valence-corrected chi connectivity index (χ1v) is 5.31. The molecule has 0 unspecified atom stereocenters. The first kappa shape index (κ1) is 10.9. The zero-order valence-corrected chi connectivity index (χ0v) is 9.06. The van der Waals surface area contributed by atoms with Crippen molar-refractivity contribution >= 4 is 11.7 Å². The monoisotopic (exact) mass is 221 g/mol. The molecule has 1 aliphatic rings. The fourth-order valence-electron chi connectivity index (χ4n) is 1.64. The Morgan fingerprint density at radius 1 is 1.44 bits per heavy atom. The van der Waals surface area contributed by atoms with E-state index in [4.69, 9.17) is 10.5 Å². The number of aromatic nitrogens is 1. The molecule has 0 bridgehead atoms. The standard InChI is InChI=1S/C11H15N3O2/c12-10-2-1-9(7-13-10)8-14-4-6-16-5-3-11(14)15/h1-2,7H,3-6,8H2,(H2,12,13). The molecule has 1 aromatic rings. The van der Waals surface area contributed by atoms with E-state index in [-0.39, 0.29) is 5.91 Å². The van der Waals surface area contributed by atoms with Gasteiger partial charge in [0.2, 0.25) is 5.91 Å². The highest BCUT2D eigenvalue weighted by molar-refractivity contribution is 5.76. The van der Waals surface area contributed by atoms with E-state index in [0.29, 0.717) is 38.5 Å². The molecule has 2 heterocycles. The SMILES string of the molecule is Nc1ccc(CN2CCOCCC2=O)cn1. The first-order valence-electron chi connectivity index (χ1n) is 5.31. The highest BCUT2D eigenvalue weighted by atomic mass is 16.5. The van der Waals surface area contributed by atoms with E-state index in [1.54, 1.807) is 17.2 Å². The summed E-state index contributed by atoms with van der Waals surface area (Å²) in [5.41, 5.74) is 6.49. The second kappa shape index (κ2) is 4.94. The predicted molar refractivity (Wildman–Crippen MR) is 59.5 cm³/mol. The lowest BCUT2D eigenvalue weighted by atomic mass is 10.2. The lowest BCUT2D eigenvalue weighted by Crippen LogP contribution is -2.31. The third kappa shape index (κ3) is 2.70. The van der Waals surface area contributed by atoms with Crippen molar-refractivity contribution < 1.29 is 9.53 Å². The molecule has 0 spiro atoms. The second-order valence-corrected chi connectivity index (χ2v) is 3.77. The number of hydrogen-bond acceptors (Lipinski definition) is 4. The van der Waals surface area contributed by atoms with Crippen LogP contribution in [0.15, 0.2) is 18.3 Å².